The number of aromatic nitrogens is 1. The lowest BCUT2D eigenvalue weighted by atomic mass is 9.99. The summed E-state index contributed by atoms with van der Waals surface area (Å²) >= 11 is 0. The van der Waals surface area contributed by atoms with E-state index in [9.17, 15) is 0 Å². The van der Waals surface area contributed by atoms with E-state index in [1.165, 1.54) is 11.1 Å². The van der Waals surface area contributed by atoms with Crippen molar-refractivity contribution in [3.63, 3.8) is 0 Å². The summed E-state index contributed by atoms with van der Waals surface area (Å²) in [7, 11) is 0. The van der Waals surface area contributed by atoms with E-state index in [-0.39, 0.29) is 0 Å². The molecule has 4 heteroatoms. The molecule has 0 atom stereocenters. The molecule has 9 rings (SSSR count). The van der Waals surface area contributed by atoms with Crippen molar-refractivity contribution in [3.8, 4) is 33.7 Å². The predicted octanol–water partition coefficient (Wildman–Crippen LogP) is 12.2. The lowest BCUT2D eigenvalue weighted by Gasteiger charge is -2.26. The standard InChI is InChI=1S/C43H28N2O2/c1-4-11-29(12-5-1)30-19-23-34(24-20-30)45(33-15-8-3-9-16-33)35-25-21-31(22-26-35)36-17-10-18-39-42(36)37-27-38-41(28-40(37)46-39)47-43(44-38)32-13-6-2-7-14-32/h1-28H. The Labute approximate surface area is 271 Å². The van der Waals surface area contributed by atoms with Gasteiger partial charge in [-0.25, -0.2) is 4.98 Å². The van der Waals surface area contributed by atoms with Crippen LogP contribution in [0.4, 0.5) is 17.1 Å². The van der Waals surface area contributed by atoms with Crippen LogP contribution >= 0.6 is 0 Å². The quantitative estimate of drug-likeness (QED) is 0.189. The van der Waals surface area contributed by atoms with Crippen molar-refractivity contribution in [1.29, 1.82) is 0 Å². The molecule has 0 aliphatic heterocycles. The van der Waals surface area contributed by atoms with E-state index in [0.717, 1.165) is 61.2 Å². The van der Waals surface area contributed by atoms with Crippen molar-refractivity contribution in [2.24, 2.45) is 0 Å². The highest BCUT2D eigenvalue weighted by atomic mass is 16.4. The number of nitrogens with zero attached hydrogens (tertiary/aromatic N) is 2. The summed E-state index contributed by atoms with van der Waals surface area (Å²) < 4.78 is 12.5. The van der Waals surface area contributed by atoms with Gasteiger partial charge in [-0.1, -0.05) is 103 Å². The predicted molar refractivity (Wildman–Crippen MR) is 192 cm³/mol. The Morgan fingerprint density at radius 1 is 0.404 bits per heavy atom. The molecule has 2 heterocycles. The summed E-state index contributed by atoms with van der Waals surface area (Å²) in [5.41, 5.74) is 12.0. The Kier molecular flexibility index (Phi) is 6.43. The maximum absolute atomic E-state index is 6.36. The van der Waals surface area contributed by atoms with Gasteiger partial charge in [0.25, 0.3) is 0 Å². The lowest BCUT2D eigenvalue weighted by Crippen LogP contribution is -2.09. The maximum atomic E-state index is 6.36. The van der Waals surface area contributed by atoms with Crippen molar-refractivity contribution in [3.05, 3.63) is 170 Å². The highest BCUT2D eigenvalue weighted by Crippen LogP contribution is 2.41. The van der Waals surface area contributed by atoms with E-state index >= 15 is 0 Å². The van der Waals surface area contributed by atoms with Gasteiger partial charge in [-0.15, -0.1) is 0 Å². The van der Waals surface area contributed by atoms with Gasteiger partial charge in [0.1, 0.15) is 16.7 Å². The largest absolute Gasteiger partial charge is 0.456 e. The molecule has 2 aromatic heterocycles. The molecule has 0 bridgehead atoms. The van der Waals surface area contributed by atoms with Gasteiger partial charge in [0, 0.05) is 39.5 Å². The minimum atomic E-state index is 0.603. The van der Waals surface area contributed by atoms with Gasteiger partial charge in [0.05, 0.1) is 0 Å². The van der Waals surface area contributed by atoms with E-state index < -0.39 is 0 Å². The molecule has 0 aliphatic rings. The second-order valence-corrected chi connectivity index (χ2v) is 11.6. The molecule has 0 saturated heterocycles. The van der Waals surface area contributed by atoms with Crippen molar-refractivity contribution in [1.82, 2.24) is 4.98 Å². The highest BCUT2D eigenvalue weighted by molar-refractivity contribution is 6.15. The van der Waals surface area contributed by atoms with Crippen LogP contribution < -0.4 is 4.90 Å². The number of hydrogen-bond acceptors (Lipinski definition) is 4. The number of anilines is 3. The van der Waals surface area contributed by atoms with Gasteiger partial charge in [0.15, 0.2) is 5.58 Å². The zero-order valence-electron chi connectivity index (χ0n) is 25.4. The first-order chi connectivity index (χ1) is 23.3. The molecule has 0 fully saturated rings. The Morgan fingerprint density at radius 2 is 0.979 bits per heavy atom. The lowest BCUT2D eigenvalue weighted by molar-refractivity contribution is 0.617. The smallest absolute Gasteiger partial charge is 0.227 e. The first-order valence-electron chi connectivity index (χ1n) is 15.7. The summed E-state index contributed by atoms with van der Waals surface area (Å²) in [5, 5.41) is 2.09. The third-order valence-corrected chi connectivity index (χ3v) is 8.71. The van der Waals surface area contributed by atoms with Gasteiger partial charge in [0.2, 0.25) is 5.89 Å². The fourth-order valence-corrected chi connectivity index (χ4v) is 6.44. The van der Waals surface area contributed by atoms with Crippen LogP contribution in [-0.4, -0.2) is 4.98 Å². The van der Waals surface area contributed by atoms with Crippen LogP contribution in [0.15, 0.2) is 179 Å². The summed E-state index contributed by atoms with van der Waals surface area (Å²) in [6.07, 6.45) is 0. The number of fused-ring (bicyclic) bond motifs is 4. The molecule has 47 heavy (non-hydrogen) atoms. The third kappa shape index (κ3) is 4.84. The molecule has 9 aromatic rings. The van der Waals surface area contributed by atoms with Crippen LogP contribution in [0.25, 0.3) is 66.7 Å². The molecule has 0 aliphatic carbocycles. The normalized spacial score (nSPS) is 11.4. The molecule has 4 nitrogen and oxygen atoms in total. The Morgan fingerprint density at radius 3 is 1.66 bits per heavy atom. The first-order valence-corrected chi connectivity index (χ1v) is 15.7. The number of rotatable bonds is 6. The van der Waals surface area contributed by atoms with Crippen molar-refractivity contribution in [2.45, 2.75) is 0 Å². The Balaban J connectivity index is 1.11. The number of furan rings is 1. The molecule has 0 spiro atoms. The summed E-state index contributed by atoms with van der Waals surface area (Å²) in [4.78, 5) is 7.11. The average molecular weight is 605 g/mol. The molecule has 0 amide bonds. The SMILES string of the molecule is c1ccc(-c2ccc(N(c3ccccc3)c3ccc(-c4cccc5oc6cc7oc(-c8ccccc8)nc7cc6c45)cc3)cc2)cc1. The van der Waals surface area contributed by atoms with Crippen molar-refractivity contribution in [2.75, 3.05) is 4.90 Å². The second kappa shape index (κ2) is 11.2. The summed E-state index contributed by atoms with van der Waals surface area (Å²) in [6, 6.07) is 58.7. The second-order valence-electron chi connectivity index (χ2n) is 11.6. The van der Waals surface area contributed by atoms with E-state index in [1.54, 1.807) is 0 Å². The molecule has 0 radical (unpaired) electrons. The van der Waals surface area contributed by atoms with E-state index in [1.807, 2.05) is 54.6 Å². The van der Waals surface area contributed by atoms with Crippen LogP contribution in [0.5, 0.6) is 0 Å². The van der Waals surface area contributed by atoms with Crippen LogP contribution in [-0.2, 0) is 0 Å². The fraction of sp³-hybridized carbons (Fsp3) is 0. The van der Waals surface area contributed by atoms with Gasteiger partial charge < -0.3 is 13.7 Å². The molecular formula is C43H28N2O2. The molecule has 0 unspecified atom stereocenters. The summed E-state index contributed by atoms with van der Waals surface area (Å²) in [5.74, 6) is 0.603. The van der Waals surface area contributed by atoms with Crippen molar-refractivity contribution < 1.29 is 8.83 Å². The highest BCUT2D eigenvalue weighted by Gasteiger charge is 2.18. The Bertz CT molecular complexity index is 2480. The Hall–Kier alpha value is -6.39. The molecule has 222 valence electrons. The van der Waals surface area contributed by atoms with Gasteiger partial charge >= 0.3 is 0 Å². The summed E-state index contributed by atoms with van der Waals surface area (Å²) in [6.45, 7) is 0. The zero-order chi connectivity index (χ0) is 31.2. The van der Waals surface area contributed by atoms with E-state index in [0.29, 0.717) is 11.5 Å². The molecule has 7 aromatic carbocycles. The van der Waals surface area contributed by atoms with E-state index in [2.05, 4.69) is 120 Å². The topological polar surface area (TPSA) is 42.4 Å². The maximum Gasteiger partial charge on any atom is 0.227 e. The van der Waals surface area contributed by atoms with Gasteiger partial charge in [-0.2, -0.15) is 0 Å². The minimum Gasteiger partial charge on any atom is -0.456 e. The molecule has 0 saturated carbocycles. The number of oxazole rings is 1. The molecule has 0 N–H and O–H groups in total. The zero-order valence-corrected chi connectivity index (χ0v) is 25.4. The minimum absolute atomic E-state index is 0.603. The van der Waals surface area contributed by atoms with Gasteiger partial charge in [-0.05, 0) is 82.9 Å². The van der Waals surface area contributed by atoms with Gasteiger partial charge in [-0.3, -0.25) is 0 Å². The average Bonchev–Trinajstić information content (AvgIpc) is 3.73. The van der Waals surface area contributed by atoms with Crippen LogP contribution in [0.2, 0.25) is 0 Å². The first kappa shape index (κ1) is 27.0. The van der Waals surface area contributed by atoms with Crippen LogP contribution in [0.1, 0.15) is 0 Å². The number of hydrogen-bond donors (Lipinski definition) is 0. The van der Waals surface area contributed by atoms with E-state index in [4.69, 9.17) is 13.8 Å². The molecular weight excluding hydrogens is 576 g/mol. The van der Waals surface area contributed by atoms with Crippen molar-refractivity contribution >= 4 is 50.1 Å². The van der Waals surface area contributed by atoms with Crippen LogP contribution in [0, 0.1) is 0 Å². The number of para-hydroxylation sites is 1. The van der Waals surface area contributed by atoms with Crippen LogP contribution in [0.3, 0.4) is 0 Å². The fourth-order valence-electron chi connectivity index (χ4n) is 6.44. The third-order valence-electron chi connectivity index (χ3n) is 8.71. The number of benzene rings is 7. The monoisotopic (exact) mass is 604 g/mol.